The van der Waals surface area contributed by atoms with Gasteiger partial charge in [-0.2, -0.15) is 0 Å². The number of carbonyl (C=O) groups excluding carboxylic acids is 1. The average molecular weight is 307 g/mol. The number of aliphatic hydroxyl groups excluding tert-OH is 1. The molecule has 0 aliphatic carbocycles. The first-order valence-electron chi connectivity index (χ1n) is 6.32. The van der Waals surface area contributed by atoms with Crippen molar-refractivity contribution in [2.24, 2.45) is 0 Å². The van der Waals surface area contributed by atoms with Gasteiger partial charge >= 0.3 is 0 Å². The van der Waals surface area contributed by atoms with E-state index in [1.165, 1.54) is 12.3 Å². The fraction of sp³-hybridized carbons (Fsp3) is 0.200. The SMILES string of the molecule is COc1cccc(C(O)CNC(=O)c2cc(Cl)ccn2)c1. The zero-order chi connectivity index (χ0) is 15.2. The summed E-state index contributed by atoms with van der Waals surface area (Å²) in [5.41, 5.74) is 0.869. The third kappa shape index (κ3) is 4.18. The fourth-order valence-electron chi connectivity index (χ4n) is 1.78. The molecule has 0 aliphatic heterocycles. The molecule has 110 valence electrons. The molecule has 2 aromatic rings. The van der Waals surface area contributed by atoms with E-state index in [2.05, 4.69) is 10.3 Å². The largest absolute Gasteiger partial charge is 0.497 e. The summed E-state index contributed by atoms with van der Waals surface area (Å²) in [5.74, 6) is 0.258. The van der Waals surface area contributed by atoms with Gasteiger partial charge in [0, 0.05) is 17.8 Å². The topological polar surface area (TPSA) is 71.5 Å². The lowest BCUT2D eigenvalue weighted by atomic mass is 10.1. The van der Waals surface area contributed by atoms with Gasteiger partial charge in [-0.1, -0.05) is 23.7 Å². The second-order valence-corrected chi connectivity index (χ2v) is 4.80. The molecule has 0 saturated heterocycles. The number of rotatable bonds is 5. The van der Waals surface area contributed by atoms with Gasteiger partial charge in [0.25, 0.3) is 5.91 Å². The normalized spacial score (nSPS) is 11.8. The van der Waals surface area contributed by atoms with Gasteiger partial charge < -0.3 is 15.2 Å². The molecule has 2 rings (SSSR count). The van der Waals surface area contributed by atoms with Crippen molar-refractivity contribution in [1.82, 2.24) is 10.3 Å². The number of hydrogen-bond acceptors (Lipinski definition) is 4. The predicted molar refractivity (Wildman–Crippen MR) is 79.5 cm³/mol. The van der Waals surface area contributed by atoms with E-state index in [1.807, 2.05) is 0 Å². The summed E-state index contributed by atoms with van der Waals surface area (Å²) in [6.07, 6.45) is 0.624. The number of hydrogen-bond donors (Lipinski definition) is 2. The molecule has 1 atom stereocenters. The zero-order valence-corrected chi connectivity index (χ0v) is 12.2. The minimum Gasteiger partial charge on any atom is -0.497 e. The molecule has 0 spiro atoms. The number of nitrogens with one attached hydrogen (secondary N) is 1. The minimum atomic E-state index is -0.830. The summed E-state index contributed by atoms with van der Waals surface area (Å²) in [5, 5.41) is 13.1. The first-order valence-corrected chi connectivity index (χ1v) is 6.69. The summed E-state index contributed by atoms with van der Waals surface area (Å²) < 4.78 is 5.09. The van der Waals surface area contributed by atoms with Crippen LogP contribution in [0.15, 0.2) is 42.6 Å². The quantitative estimate of drug-likeness (QED) is 0.888. The molecule has 1 amide bonds. The number of aromatic nitrogens is 1. The number of halogens is 1. The van der Waals surface area contributed by atoms with Gasteiger partial charge in [-0.25, -0.2) is 0 Å². The van der Waals surface area contributed by atoms with Crippen LogP contribution in [0.1, 0.15) is 22.2 Å². The lowest BCUT2D eigenvalue weighted by Gasteiger charge is -2.13. The maximum absolute atomic E-state index is 11.9. The Morgan fingerprint density at radius 3 is 2.95 bits per heavy atom. The van der Waals surface area contributed by atoms with Crippen LogP contribution in [0.3, 0.4) is 0 Å². The second kappa shape index (κ2) is 7.06. The van der Waals surface area contributed by atoms with Crippen molar-refractivity contribution in [1.29, 1.82) is 0 Å². The number of pyridine rings is 1. The molecule has 0 aliphatic rings. The van der Waals surface area contributed by atoms with Crippen molar-refractivity contribution >= 4 is 17.5 Å². The van der Waals surface area contributed by atoms with E-state index in [4.69, 9.17) is 16.3 Å². The van der Waals surface area contributed by atoms with Crippen LogP contribution in [0.25, 0.3) is 0 Å². The molecule has 0 bridgehead atoms. The number of benzene rings is 1. The Balaban J connectivity index is 1.97. The fourth-order valence-corrected chi connectivity index (χ4v) is 1.94. The van der Waals surface area contributed by atoms with E-state index in [0.717, 1.165) is 0 Å². The van der Waals surface area contributed by atoms with Crippen LogP contribution in [0.4, 0.5) is 0 Å². The smallest absolute Gasteiger partial charge is 0.270 e. The van der Waals surface area contributed by atoms with Crippen LogP contribution >= 0.6 is 11.6 Å². The number of aliphatic hydroxyl groups is 1. The maximum atomic E-state index is 11.9. The minimum absolute atomic E-state index is 0.0696. The summed E-state index contributed by atoms with van der Waals surface area (Å²) >= 11 is 5.80. The van der Waals surface area contributed by atoms with Crippen LogP contribution in [-0.2, 0) is 0 Å². The average Bonchev–Trinajstić information content (AvgIpc) is 2.52. The molecule has 1 unspecified atom stereocenters. The molecule has 0 fully saturated rings. The molecule has 1 heterocycles. The van der Waals surface area contributed by atoms with E-state index >= 15 is 0 Å². The highest BCUT2D eigenvalue weighted by Crippen LogP contribution is 2.18. The highest BCUT2D eigenvalue weighted by molar-refractivity contribution is 6.30. The van der Waals surface area contributed by atoms with Crippen molar-refractivity contribution in [3.63, 3.8) is 0 Å². The van der Waals surface area contributed by atoms with Crippen molar-refractivity contribution in [2.75, 3.05) is 13.7 Å². The van der Waals surface area contributed by atoms with Gasteiger partial charge in [0.15, 0.2) is 0 Å². The lowest BCUT2D eigenvalue weighted by Crippen LogP contribution is -2.29. The van der Waals surface area contributed by atoms with Gasteiger partial charge in [0.2, 0.25) is 0 Å². The molecule has 6 heteroatoms. The molecule has 21 heavy (non-hydrogen) atoms. The van der Waals surface area contributed by atoms with Crippen LogP contribution in [0.2, 0.25) is 5.02 Å². The summed E-state index contributed by atoms with van der Waals surface area (Å²) in [4.78, 5) is 15.8. The Morgan fingerprint density at radius 2 is 2.24 bits per heavy atom. The summed E-state index contributed by atoms with van der Waals surface area (Å²) in [6, 6.07) is 10.1. The molecule has 0 saturated carbocycles. The van der Waals surface area contributed by atoms with E-state index in [-0.39, 0.29) is 18.1 Å². The number of carbonyl (C=O) groups is 1. The predicted octanol–water partition coefficient (Wildman–Crippen LogP) is 2.21. The van der Waals surface area contributed by atoms with Gasteiger partial charge in [-0.3, -0.25) is 9.78 Å². The van der Waals surface area contributed by atoms with Gasteiger partial charge in [0.05, 0.1) is 13.2 Å². The highest BCUT2D eigenvalue weighted by Gasteiger charge is 2.12. The zero-order valence-electron chi connectivity index (χ0n) is 11.4. The van der Waals surface area contributed by atoms with Gasteiger partial charge in [0.1, 0.15) is 11.4 Å². The number of methoxy groups -OCH3 is 1. The molecule has 5 nitrogen and oxygen atoms in total. The molecule has 0 radical (unpaired) electrons. The first kappa shape index (κ1) is 15.3. The third-order valence-electron chi connectivity index (χ3n) is 2.89. The van der Waals surface area contributed by atoms with Crippen molar-refractivity contribution in [2.45, 2.75) is 6.10 Å². The third-order valence-corrected chi connectivity index (χ3v) is 3.12. The number of amides is 1. The number of ether oxygens (including phenoxy) is 1. The monoisotopic (exact) mass is 306 g/mol. The first-order chi connectivity index (χ1) is 10.1. The Kier molecular flexibility index (Phi) is 5.14. The Hall–Kier alpha value is -2.11. The second-order valence-electron chi connectivity index (χ2n) is 4.36. The Bertz CT molecular complexity index is 634. The van der Waals surface area contributed by atoms with Crippen molar-refractivity contribution in [3.8, 4) is 5.75 Å². The molecular weight excluding hydrogens is 292 g/mol. The van der Waals surface area contributed by atoms with E-state index in [0.29, 0.717) is 16.3 Å². The lowest BCUT2D eigenvalue weighted by molar-refractivity contribution is 0.0911. The summed E-state index contributed by atoms with van der Waals surface area (Å²) in [6.45, 7) is 0.0696. The van der Waals surface area contributed by atoms with E-state index < -0.39 is 6.10 Å². The van der Waals surface area contributed by atoms with Crippen molar-refractivity contribution < 1.29 is 14.6 Å². The Morgan fingerprint density at radius 1 is 1.43 bits per heavy atom. The standard InChI is InChI=1S/C15H15ClN2O3/c1-21-12-4-2-3-10(7-12)14(19)9-18-15(20)13-8-11(16)5-6-17-13/h2-8,14,19H,9H2,1H3,(H,18,20). The molecule has 1 aromatic heterocycles. The molecule has 1 aromatic carbocycles. The molecular formula is C15H15ClN2O3. The van der Waals surface area contributed by atoms with Gasteiger partial charge in [-0.05, 0) is 29.8 Å². The van der Waals surface area contributed by atoms with Crippen LogP contribution in [0, 0.1) is 0 Å². The Labute approximate surface area is 127 Å². The summed E-state index contributed by atoms with van der Waals surface area (Å²) in [7, 11) is 1.55. The maximum Gasteiger partial charge on any atom is 0.270 e. The van der Waals surface area contributed by atoms with Gasteiger partial charge in [-0.15, -0.1) is 0 Å². The van der Waals surface area contributed by atoms with E-state index in [9.17, 15) is 9.90 Å². The van der Waals surface area contributed by atoms with E-state index in [1.54, 1.807) is 37.4 Å². The molecule has 2 N–H and O–H groups in total. The van der Waals surface area contributed by atoms with Crippen molar-refractivity contribution in [3.05, 3.63) is 58.9 Å². The highest BCUT2D eigenvalue weighted by atomic mass is 35.5. The van der Waals surface area contributed by atoms with Crippen LogP contribution in [0.5, 0.6) is 5.75 Å². The number of nitrogens with zero attached hydrogens (tertiary/aromatic N) is 1. The van der Waals surface area contributed by atoms with Crippen LogP contribution < -0.4 is 10.1 Å². The van der Waals surface area contributed by atoms with Crippen LogP contribution in [-0.4, -0.2) is 29.7 Å².